The highest BCUT2D eigenvalue weighted by atomic mass is 32.2. The van der Waals surface area contributed by atoms with Crippen LogP contribution in [-0.2, 0) is 4.79 Å². The van der Waals surface area contributed by atoms with Gasteiger partial charge in [-0.1, -0.05) is 19.1 Å². The molecule has 5 heteroatoms. The van der Waals surface area contributed by atoms with E-state index in [4.69, 9.17) is 0 Å². The summed E-state index contributed by atoms with van der Waals surface area (Å²) in [5.41, 5.74) is 0.705. The first-order valence-electron chi connectivity index (χ1n) is 6.05. The molecule has 1 saturated heterocycles. The Balaban J connectivity index is 2.25. The molecule has 0 aliphatic carbocycles. The third-order valence-corrected chi connectivity index (χ3v) is 3.91. The van der Waals surface area contributed by atoms with E-state index in [1.807, 2.05) is 13.8 Å². The van der Waals surface area contributed by atoms with Crippen LogP contribution in [0.2, 0.25) is 0 Å². The van der Waals surface area contributed by atoms with Crippen molar-refractivity contribution < 1.29 is 14.0 Å². The van der Waals surface area contributed by atoms with Crippen LogP contribution in [0.1, 0.15) is 25.8 Å². The van der Waals surface area contributed by atoms with Gasteiger partial charge in [-0.25, -0.2) is 4.39 Å². The maximum atomic E-state index is 12.8. The van der Waals surface area contributed by atoms with Crippen molar-refractivity contribution in [1.82, 2.24) is 4.90 Å². The molecule has 0 bridgehead atoms. The maximum Gasteiger partial charge on any atom is 0.293 e. The molecule has 1 atom stereocenters. The molecule has 0 radical (unpaired) electrons. The van der Waals surface area contributed by atoms with Crippen molar-refractivity contribution >= 4 is 29.0 Å². The summed E-state index contributed by atoms with van der Waals surface area (Å²) in [5, 5.41) is -0.243. The van der Waals surface area contributed by atoms with Crippen LogP contribution in [0.15, 0.2) is 29.2 Å². The van der Waals surface area contributed by atoms with E-state index in [0.717, 1.165) is 18.2 Å². The Morgan fingerprint density at radius 1 is 1.32 bits per heavy atom. The van der Waals surface area contributed by atoms with Gasteiger partial charge in [-0.2, -0.15) is 0 Å². The molecule has 0 unspecified atom stereocenters. The second kappa shape index (κ2) is 5.57. The lowest BCUT2D eigenvalue weighted by Gasteiger charge is -2.19. The Kier molecular flexibility index (Phi) is 4.04. The van der Waals surface area contributed by atoms with Crippen molar-refractivity contribution in [3.63, 3.8) is 0 Å². The van der Waals surface area contributed by atoms with Crippen molar-refractivity contribution in [3.8, 4) is 0 Å². The minimum absolute atomic E-state index is 0.105. The van der Waals surface area contributed by atoms with Gasteiger partial charge in [-0.3, -0.25) is 14.5 Å². The number of hydrogen-bond acceptors (Lipinski definition) is 3. The van der Waals surface area contributed by atoms with Gasteiger partial charge in [-0.05, 0) is 48.9 Å². The lowest BCUT2D eigenvalue weighted by atomic mass is 10.2. The summed E-state index contributed by atoms with van der Waals surface area (Å²) in [6.07, 6.45) is 2.34. The maximum absolute atomic E-state index is 12.8. The topological polar surface area (TPSA) is 37.4 Å². The Labute approximate surface area is 115 Å². The molecule has 0 saturated carbocycles. The molecule has 0 spiro atoms. The van der Waals surface area contributed by atoms with Gasteiger partial charge in [0.1, 0.15) is 5.82 Å². The average Bonchev–Trinajstić information content (AvgIpc) is 2.66. The van der Waals surface area contributed by atoms with Gasteiger partial charge in [0, 0.05) is 6.04 Å². The molecule has 2 rings (SSSR count). The fraction of sp³-hybridized carbons (Fsp3) is 0.286. The first-order valence-corrected chi connectivity index (χ1v) is 6.87. The number of carbonyl (C=O) groups excluding carboxylic acids is 2. The van der Waals surface area contributed by atoms with Crippen LogP contribution in [0.25, 0.3) is 6.08 Å². The number of rotatable bonds is 3. The second-order valence-electron chi connectivity index (χ2n) is 4.36. The number of halogens is 1. The third-order valence-electron chi connectivity index (χ3n) is 3.02. The number of benzene rings is 1. The van der Waals surface area contributed by atoms with Crippen molar-refractivity contribution in [1.29, 1.82) is 0 Å². The molecule has 1 fully saturated rings. The van der Waals surface area contributed by atoms with Crippen LogP contribution in [0.5, 0.6) is 0 Å². The number of thioether (sulfide) groups is 1. The Morgan fingerprint density at radius 3 is 2.53 bits per heavy atom. The Morgan fingerprint density at radius 2 is 1.95 bits per heavy atom. The summed E-state index contributed by atoms with van der Waals surface area (Å²) in [7, 11) is 0. The number of carbonyl (C=O) groups is 2. The molecular formula is C14H14FNO2S. The Hall–Kier alpha value is -1.62. The fourth-order valence-corrected chi connectivity index (χ4v) is 2.68. The molecular weight excluding hydrogens is 265 g/mol. The minimum Gasteiger partial charge on any atom is -0.268 e. The first-order chi connectivity index (χ1) is 9.02. The SMILES string of the molecule is CC[C@H](C)N1C(=O)S/C(=C/c2ccc(F)cc2)C1=O. The van der Waals surface area contributed by atoms with Crippen LogP contribution >= 0.6 is 11.8 Å². The quantitative estimate of drug-likeness (QED) is 0.792. The molecule has 1 aromatic carbocycles. The van der Waals surface area contributed by atoms with E-state index in [9.17, 15) is 14.0 Å². The van der Waals surface area contributed by atoms with E-state index < -0.39 is 0 Å². The predicted molar refractivity (Wildman–Crippen MR) is 74.0 cm³/mol. The molecule has 19 heavy (non-hydrogen) atoms. The monoisotopic (exact) mass is 279 g/mol. The molecule has 0 aromatic heterocycles. The molecule has 0 N–H and O–H groups in total. The van der Waals surface area contributed by atoms with Crippen LogP contribution in [0, 0.1) is 5.82 Å². The highest BCUT2D eigenvalue weighted by Gasteiger charge is 2.37. The smallest absolute Gasteiger partial charge is 0.268 e. The number of nitrogens with zero attached hydrogens (tertiary/aromatic N) is 1. The first kappa shape index (κ1) is 13.8. The Bertz CT molecular complexity index is 539. The van der Waals surface area contributed by atoms with Gasteiger partial charge in [0.15, 0.2) is 0 Å². The summed E-state index contributed by atoms with van der Waals surface area (Å²) in [6.45, 7) is 3.77. The summed E-state index contributed by atoms with van der Waals surface area (Å²) < 4.78 is 12.8. The van der Waals surface area contributed by atoms with Gasteiger partial charge < -0.3 is 0 Å². The molecule has 1 aromatic rings. The van der Waals surface area contributed by atoms with Crippen LogP contribution in [-0.4, -0.2) is 22.1 Å². The number of hydrogen-bond donors (Lipinski definition) is 0. The van der Waals surface area contributed by atoms with Crippen molar-refractivity contribution in [2.24, 2.45) is 0 Å². The third kappa shape index (κ3) is 2.87. The standard InChI is InChI=1S/C14H14FNO2S/c1-3-9(2)16-13(17)12(19-14(16)18)8-10-4-6-11(15)7-5-10/h4-9H,3H2,1-2H3/b12-8+/t9-/m0/s1. The molecule has 3 nitrogen and oxygen atoms in total. The highest BCUT2D eigenvalue weighted by molar-refractivity contribution is 8.18. The van der Waals surface area contributed by atoms with E-state index in [1.165, 1.54) is 17.0 Å². The van der Waals surface area contributed by atoms with Crippen LogP contribution < -0.4 is 0 Å². The van der Waals surface area contributed by atoms with Crippen molar-refractivity contribution in [3.05, 3.63) is 40.6 Å². The summed E-state index contributed by atoms with van der Waals surface area (Å²) in [5.74, 6) is -0.599. The van der Waals surface area contributed by atoms with Crippen molar-refractivity contribution in [2.45, 2.75) is 26.3 Å². The van der Waals surface area contributed by atoms with E-state index in [2.05, 4.69) is 0 Å². The molecule has 100 valence electrons. The molecule has 1 heterocycles. The summed E-state index contributed by atoms with van der Waals surface area (Å²) >= 11 is 0.929. The van der Waals surface area contributed by atoms with Crippen LogP contribution in [0.3, 0.4) is 0 Å². The zero-order chi connectivity index (χ0) is 14.0. The zero-order valence-electron chi connectivity index (χ0n) is 10.7. The summed E-state index contributed by atoms with van der Waals surface area (Å²) in [6, 6.07) is 5.70. The van der Waals surface area contributed by atoms with E-state index in [0.29, 0.717) is 10.5 Å². The molecule has 1 aliphatic heterocycles. The van der Waals surface area contributed by atoms with Gasteiger partial charge >= 0.3 is 0 Å². The van der Waals surface area contributed by atoms with Gasteiger partial charge in [0.25, 0.3) is 11.1 Å². The van der Waals surface area contributed by atoms with E-state index in [-0.39, 0.29) is 23.0 Å². The van der Waals surface area contributed by atoms with Crippen LogP contribution in [0.4, 0.5) is 9.18 Å². The second-order valence-corrected chi connectivity index (χ2v) is 5.35. The van der Waals surface area contributed by atoms with E-state index >= 15 is 0 Å². The van der Waals surface area contributed by atoms with E-state index in [1.54, 1.807) is 18.2 Å². The normalized spacial score (nSPS) is 19.3. The molecule has 1 aliphatic rings. The number of amides is 2. The lowest BCUT2D eigenvalue weighted by Crippen LogP contribution is -2.36. The zero-order valence-corrected chi connectivity index (χ0v) is 11.5. The van der Waals surface area contributed by atoms with Gasteiger partial charge in [0.2, 0.25) is 0 Å². The largest absolute Gasteiger partial charge is 0.293 e. The van der Waals surface area contributed by atoms with Gasteiger partial charge in [-0.15, -0.1) is 0 Å². The highest BCUT2D eigenvalue weighted by Crippen LogP contribution is 2.34. The van der Waals surface area contributed by atoms with Gasteiger partial charge in [0.05, 0.1) is 4.91 Å². The lowest BCUT2D eigenvalue weighted by molar-refractivity contribution is -0.124. The predicted octanol–water partition coefficient (Wildman–Crippen LogP) is 3.66. The minimum atomic E-state index is -0.329. The summed E-state index contributed by atoms with van der Waals surface area (Å²) in [4.78, 5) is 25.6. The fourth-order valence-electron chi connectivity index (χ4n) is 1.75. The molecule has 2 amide bonds. The number of imide groups is 1. The average molecular weight is 279 g/mol. The van der Waals surface area contributed by atoms with Crippen molar-refractivity contribution in [2.75, 3.05) is 0 Å².